The van der Waals surface area contributed by atoms with E-state index in [0.29, 0.717) is 62.4 Å². The third kappa shape index (κ3) is 30.0. The van der Waals surface area contributed by atoms with Crippen LogP contribution in [0.4, 0.5) is 10.6 Å². The van der Waals surface area contributed by atoms with Crippen molar-refractivity contribution in [2.45, 2.75) is 97.0 Å². The highest BCUT2D eigenvalue weighted by Gasteiger charge is 2.29. The van der Waals surface area contributed by atoms with E-state index < -0.39 is 18.2 Å². The molecule has 562 valence electrons. The first-order valence-electron chi connectivity index (χ1n) is 33.5. The molecule has 11 rings (SSSR count). The molecular weight excluding hydrogens is 1360 g/mol. The summed E-state index contributed by atoms with van der Waals surface area (Å²) in [6.45, 7) is 7.74. The smallest absolute Gasteiger partial charge is 0.410 e. The molecule has 9 heterocycles. The van der Waals surface area contributed by atoms with E-state index in [9.17, 15) is 14.4 Å². The van der Waals surface area contributed by atoms with Crippen LogP contribution in [0.2, 0.25) is 0 Å². The molecule has 1 atom stereocenters. The first kappa shape index (κ1) is 85.8. The maximum atomic E-state index is 12.7. The molecule has 1 amide bonds. The van der Waals surface area contributed by atoms with E-state index in [1.54, 1.807) is 86.8 Å². The van der Waals surface area contributed by atoms with Crippen molar-refractivity contribution < 1.29 is 52.2 Å². The van der Waals surface area contributed by atoms with Crippen LogP contribution in [-0.4, -0.2) is 149 Å². The number of hydrogen-bond acceptors (Lipinski definition) is 24. The monoisotopic (exact) mass is 1460 g/mol. The second kappa shape index (κ2) is 47.5. The zero-order valence-electron chi connectivity index (χ0n) is 62.1. The van der Waals surface area contributed by atoms with Gasteiger partial charge in [0.05, 0.1) is 57.1 Å². The van der Waals surface area contributed by atoms with Crippen LogP contribution in [0.1, 0.15) is 93.3 Å². The van der Waals surface area contributed by atoms with Gasteiger partial charge in [-0.3, -0.25) is 50.5 Å². The van der Waals surface area contributed by atoms with Crippen LogP contribution in [0.3, 0.4) is 0 Å². The highest BCUT2D eigenvalue weighted by Crippen LogP contribution is 2.24. The highest BCUT2D eigenvalue weighted by molar-refractivity contribution is 5.73. The average Bonchev–Trinajstić information content (AvgIpc) is 1.67. The van der Waals surface area contributed by atoms with Crippen LogP contribution >= 0.6 is 0 Å². The molecule has 0 bridgehead atoms. The van der Waals surface area contributed by atoms with E-state index in [2.05, 4.69) is 46.5 Å². The molecule has 0 radical (unpaired) electrons. The Kier molecular flexibility index (Phi) is 38.1. The summed E-state index contributed by atoms with van der Waals surface area (Å²) >= 11 is 0. The van der Waals surface area contributed by atoms with Crippen molar-refractivity contribution in [3.8, 4) is 29.7 Å². The van der Waals surface area contributed by atoms with E-state index in [0.717, 1.165) is 85.6 Å². The zero-order chi connectivity index (χ0) is 77.8. The number of rotatable bonds is 23. The van der Waals surface area contributed by atoms with Crippen molar-refractivity contribution in [1.82, 2.24) is 54.4 Å². The first-order valence-corrected chi connectivity index (χ1v) is 33.5. The number of hydrazine groups is 1. The standard InChI is InChI=1S/C21H24N4O3.C17H18N4O.C11H14N2O2.C11H12N2O2.C8H12N2O.C6H5NO.C5H9NO2/c1-21(2,3)28-20(27)24-9-7-16-17(13-24)25-10-6-15(18(25)23-19(16)26)11-14-5-4-8-22-12-14;1-22-16-6-4-13(5-7-16)11-21-12-15(17(18)20-21)9-14-3-2-8-19-10-14;2*1-14-11(15-2)10(7-12)6-9-4-3-5-13-8-9;1-11-8-4-2-7(3-5-8)6-10-9;8-5-6-2-1-3-7-4-6;1-7-5(8-2)3-4-6/h4-6,8,10,12H,7,9,11,13H2,1-3H3,(H,23,26);2-8,10,12H,9,11H2,1H3,(H2,18,20);3-5,8,10-11H,6H2,1-2H3;3-6,8,11H,1-2H3;2-5,10H,6,9H2,1H3;1-5H;5H,3H2,1-2H3/b;;;10-6+;;;. The molecule has 28 nitrogen and oxygen atoms in total. The van der Waals surface area contributed by atoms with Crippen molar-refractivity contribution in [2.75, 3.05) is 69.2 Å². The van der Waals surface area contributed by atoms with Crippen molar-refractivity contribution in [3.63, 3.8) is 0 Å². The van der Waals surface area contributed by atoms with E-state index in [1.165, 1.54) is 48.9 Å². The lowest BCUT2D eigenvalue weighted by Crippen LogP contribution is -2.42. The lowest BCUT2D eigenvalue weighted by atomic mass is 10.0. The maximum absolute atomic E-state index is 12.7. The Bertz CT molecular complexity index is 4400. The van der Waals surface area contributed by atoms with Gasteiger partial charge in [0.15, 0.2) is 25.2 Å². The van der Waals surface area contributed by atoms with Crippen molar-refractivity contribution in [3.05, 3.63) is 267 Å². The number of amides is 1. The number of nitriles is 3. The summed E-state index contributed by atoms with van der Waals surface area (Å²) in [7, 11) is 12.4. The van der Waals surface area contributed by atoms with E-state index >= 15 is 0 Å². The Labute approximate surface area is 624 Å². The number of methoxy groups -OCH3 is 8. The summed E-state index contributed by atoms with van der Waals surface area (Å²) in [5, 5.41) is 30.4. The molecule has 1 unspecified atom stereocenters. The number of carbonyl (C=O) groups excluding carboxylic acids is 2. The molecular formula is C79H94N16O12. The fourth-order valence-corrected chi connectivity index (χ4v) is 10.1. The number of anilines is 1. The minimum absolute atomic E-state index is 0.0857. The summed E-state index contributed by atoms with van der Waals surface area (Å²) in [5.74, 6) is 7.12. The number of ether oxygens (including phenoxy) is 9. The fraction of sp³-hybridized carbons (Fsp3) is 0.316. The minimum atomic E-state index is -0.629. The topological polar surface area (TPSA) is 375 Å². The summed E-state index contributed by atoms with van der Waals surface area (Å²) in [5.41, 5.74) is 19.7. The van der Waals surface area contributed by atoms with E-state index in [-0.39, 0.29) is 30.3 Å². The van der Waals surface area contributed by atoms with Crippen LogP contribution in [-0.2, 0) is 78.5 Å². The van der Waals surface area contributed by atoms with Gasteiger partial charge in [-0.1, -0.05) is 48.5 Å². The zero-order valence-corrected chi connectivity index (χ0v) is 62.1. The lowest BCUT2D eigenvalue weighted by Gasteiger charge is -2.31. The van der Waals surface area contributed by atoms with Gasteiger partial charge in [-0.2, -0.15) is 20.9 Å². The van der Waals surface area contributed by atoms with E-state index in [4.69, 9.17) is 70.0 Å². The quantitative estimate of drug-likeness (QED) is 0.0152. The number of hydrogen-bond donors (Lipinski definition) is 4. The van der Waals surface area contributed by atoms with Crippen LogP contribution in [0.15, 0.2) is 200 Å². The number of H-pyrrole nitrogens is 1. The SMILES string of the molecule is CC(C)(C)OC(=O)N1CCc2c(n3ccc(Cc4cccnc4)c3[nH]c2=O)C1.COC(CC#N)OC.COC(OC)/C(C#N)=C/c1cccnc1.COC(OC)C(C#N)Cc1cccnc1.COc1ccc(CNN)cc1.COc1ccc(Cn2cc(Cc3cccnc3)c(N)n2)cc1.O=Cc1cccnc1. The molecule has 28 heteroatoms. The number of aromatic amines is 1. The maximum Gasteiger partial charge on any atom is 0.410 e. The van der Waals surface area contributed by atoms with Gasteiger partial charge in [-0.05, 0) is 145 Å². The number of pyridine rings is 5. The van der Waals surface area contributed by atoms with Gasteiger partial charge in [0.1, 0.15) is 40.6 Å². The van der Waals surface area contributed by atoms with Crippen molar-refractivity contribution in [1.29, 1.82) is 15.8 Å². The summed E-state index contributed by atoms with van der Waals surface area (Å²) < 4.78 is 49.0. The second-order valence-corrected chi connectivity index (χ2v) is 24.1. The average molecular weight is 1460 g/mol. The fourth-order valence-electron chi connectivity index (χ4n) is 10.1. The number of nitrogens with two attached hydrogens (primary N) is 2. The van der Waals surface area contributed by atoms with Crippen LogP contribution in [0, 0.1) is 39.9 Å². The molecule has 10 aromatic rings. The predicted octanol–water partition coefficient (Wildman–Crippen LogP) is 10.5. The molecule has 0 aliphatic carbocycles. The summed E-state index contributed by atoms with van der Waals surface area (Å²) in [6, 6.07) is 42.6. The summed E-state index contributed by atoms with van der Waals surface area (Å²) in [6.07, 6.45) is 24.5. The molecule has 8 aromatic heterocycles. The Hall–Kier alpha value is -11.9. The molecule has 2 aromatic carbocycles. The van der Waals surface area contributed by atoms with E-state index in [1.807, 2.05) is 164 Å². The van der Waals surface area contributed by atoms with Gasteiger partial charge in [0.2, 0.25) is 0 Å². The molecule has 0 spiro atoms. The largest absolute Gasteiger partial charge is 0.497 e. The number of benzene rings is 2. The third-order valence-electron chi connectivity index (χ3n) is 15.4. The van der Waals surface area contributed by atoms with Crippen LogP contribution in [0.25, 0.3) is 11.7 Å². The number of nitrogens with zero attached hydrogens (tertiary/aromatic N) is 12. The van der Waals surface area contributed by atoms with Gasteiger partial charge in [0.25, 0.3) is 5.56 Å². The lowest BCUT2D eigenvalue weighted by molar-refractivity contribution is -0.124. The number of fused-ring (bicyclic) bond motifs is 3. The predicted molar refractivity (Wildman–Crippen MR) is 403 cm³/mol. The third-order valence-corrected chi connectivity index (χ3v) is 15.4. The Morgan fingerprint density at radius 1 is 0.664 bits per heavy atom. The van der Waals surface area contributed by atoms with Crippen molar-refractivity contribution >= 4 is 29.9 Å². The van der Waals surface area contributed by atoms with Gasteiger partial charge >= 0.3 is 6.09 Å². The Morgan fingerprint density at radius 2 is 1.20 bits per heavy atom. The molecule has 1 aliphatic rings. The minimum Gasteiger partial charge on any atom is -0.497 e. The second-order valence-electron chi connectivity index (χ2n) is 24.1. The highest BCUT2D eigenvalue weighted by atomic mass is 16.7. The van der Waals surface area contributed by atoms with Gasteiger partial charge in [-0.15, -0.1) is 0 Å². The molecule has 0 saturated heterocycles. The van der Waals surface area contributed by atoms with Crippen LogP contribution < -0.4 is 32.0 Å². The van der Waals surface area contributed by atoms with Gasteiger partial charge in [-0.25, -0.2) is 4.79 Å². The number of aldehydes is 1. The normalized spacial score (nSPS) is 11.6. The van der Waals surface area contributed by atoms with Crippen molar-refractivity contribution in [2.24, 2.45) is 11.8 Å². The molecule has 1 aliphatic heterocycles. The van der Waals surface area contributed by atoms with Gasteiger partial charge in [0, 0.05) is 160 Å². The summed E-state index contributed by atoms with van der Waals surface area (Å²) in [4.78, 5) is 59.7. The Balaban J connectivity index is 0.000000234. The van der Waals surface area contributed by atoms with Crippen LogP contribution in [0.5, 0.6) is 11.5 Å². The van der Waals surface area contributed by atoms with Gasteiger partial charge < -0.3 is 62.7 Å². The number of aromatic nitrogens is 9. The molecule has 0 fully saturated rings. The number of carbonyl (C=O) groups is 2. The molecule has 107 heavy (non-hydrogen) atoms. The number of nitrogens with one attached hydrogen (secondary N) is 2. The molecule has 0 saturated carbocycles. The Morgan fingerprint density at radius 3 is 1.64 bits per heavy atom. The first-order chi connectivity index (χ1) is 51.8. The number of nitrogen functional groups attached to an aromatic ring is 1. The molecule has 6 N–H and O–H groups in total.